The summed E-state index contributed by atoms with van der Waals surface area (Å²) < 4.78 is 10.3. The third kappa shape index (κ3) is 4.93. The molecule has 0 aliphatic heterocycles. The van der Waals surface area contributed by atoms with Gasteiger partial charge in [-0.2, -0.15) is 0 Å². The van der Waals surface area contributed by atoms with Crippen molar-refractivity contribution in [1.82, 2.24) is 0 Å². The van der Waals surface area contributed by atoms with Gasteiger partial charge in [0.2, 0.25) is 0 Å². The predicted octanol–water partition coefficient (Wildman–Crippen LogP) is 2.87. The molecule has 0 saturated carbocycles. The molecular weight excluding hydrogens is 296 g/mol. The zero-order valence-electron chi connectivity index (χ0n) is 12.8. The number of ketones is 2. The highest BCUT2D eigenvalue weighted by Crippen LogP contribution is 2.16. The van der Waals surface area contributed by atoms with Crippen molar-refractivity contribution in [2.45, 2.75) is 6.42 Å². The lowest BCUT2D eigenvalue weighted by atomic mass is 10.0. The first kappa shape index (κ1) is 16.7. The molecule has 0 heterocycles. The first-order chi connectivity index (χ1) is 11.1. The van der Waals surface area contributed by atoms with Gasteiger partial charge < -0.3 is 14.6 Å². The molecular formula is C18H18O5. The van der Waals surface area contributed by atoms with E-state index >= 15 is 0 Å². The molecule has 0 bridgehead atoms. The number of benzene rings is 2. The number of hydrogen-bond acceptors (Lipinski definition) is 5. The summed E-state index contributed by atoms with van der Waals surface area (Å²) in [6.07, 6.45) is -0.214. The highest BCUT2D eigenvalue weighted by Gasteiger charge is 2.13. The van der Waals surface area contributed by atoms with E-state index < -0.39 is 0 Å². The highest BCUT2D eigenvalue weighted by molar-refractivity contribution is 6.13. The van der Waals surface area contributed by atoms with Gasteiger partial charge in [0.05, 0.1) is 13.0 Å². The first-order valence-corrected chi connectivity index (χ1v) is 7.17. The lowest BCUT2D eigenvalue weighted by Crippen LogP contribution is -2.09. The highest BCUT2D eigenvalue weighted by atomic mass is 16.5. The smallest absolute Gasteiger partial charge is 0.170 e. The van der Waals surface area contributed by atoms with Crippen LogP contribution in [0.1, 0.15) is 27.1 Å². The van der Waals surface area contributed by atoms with Gasteiger partial charge in [0.15, 0.2) is 11.6 Å². The molecule has 0 radical (unpaired) electrons. The molecule has 0 saturated heterocycles. The third-order valence-corrected chi connectivity index (χ3v) is 3.24. The first-order valence-electron chi connectivity index (χ1n) is 7.17. The van der Waals surface area contributed by atoms with Gasteiger partial charge in [-0.25, -0.2) is 0 Å². The number of aromatic hydroxyl groups is 1. The second-order valence-corrected chi connectivity index (χ2v) is 4.94. The van der Waals surface area contributed by atoms with Crippen molar-refractivity contribution in [1.29, 1.82) is 0 Å². The summed E-state index contributed by atoms with van der Waals surface area (Å²) in [4.78, 5) is 24.2. The standard InChI is InChI=1S/C18H18O5/c1-22-10-11-23-16-8-4-14(5-9-16)18(21)12-17(20)13-2-6-15(19)7-3-13/h2-9,19H,10-12H2,1H3. The van der Waals surface area contributed by atoms with E-state index in [-0.39, 0.29) is 23.7 Å². The summed E-state index contributed by atoms with van der Waals surface area (Å²) in [7, 11) is 1.59. The van der Waals surface area contributed by atoms with E-state index in [1.54, 1.807) is 31.4 Å². The Hall–Kier alpha value is -2.66. The summed E-state index contributed by atoms with van der Waals surface area (Å²) in [5.41, 5.74) is 0.854. The van der Waals surface area contributed by atoms with Crippen molar-refractivity contribution >= 4 is 11.6 Å². The van der Waals surface area contributed by atoms with Crippen molar-refractivity contribution in [2.75, 3.05) is 20.3 Å². The molecule has 0 amide bonds. The van der Waals surface area contributed by atoms with Gasteiger partial charge in [0.1, 0.15) is 18.1 Å². The topological polar surface area (TPSA) is 72.8 Å². The SMILES string of the molecule is COCCOc1ccc(C(=O)CC(=O)c2ccc(O)cc2)cc1. The van der Waals surface area contributed by atoms with Gasteiger partial charge in [-0.3, -0.25) is 9.59 Å². The molecule has 0 aromatic heterocycles. The largest absolute Gasteiger partial charge is 0.508 e. The average Bonchev–Trinajstić information content (AvgIpc) is 2.56. The average molecular weight is 314 g/mol. The van der Waals surface area contributed by atoms with Crippen molar-refractivity contribution in [2.24, 2.45) is 0 Å². The van der Waals surface area contributed by atoms with Gasteiger partial charge in [0.25, 0.3) is 0 Å². The number of carbonyl (C=O) groups excluding carboxylic acids is 2. The van der Waals surface area contributed by atoms with Crippen LogP contribution < -0.4 is 4.74 Å². The number of ether oxygens (including phenoxy) is 2. The number of phenolic OH excluding ortho intramolecular Hbond substituents is 1. The van der Waals surface area contributed by atoms with Crippen LogP contribution in [-0.4, -0.2) is 37.0 Å². The molecule has 2 rings (SSSR count). The Labute approximate surface area is 134 Å². The summed E-state index contributed by atoms with van der Waals surface area (Å²) in [6, 6.07) is 12.5. The Morgan fingerprint density at radius 1 is 0.870 bits per heavy atom. The van der Waals surface area contributed by atoms with Crippen LogP contribution in [-0.2, 0) is 4.74 Å². The van der Waals surface area contributed by atoms with Crippen molar-refractivity contribution in [3.05, 3.63) is 59.7 Å². The van der Waals surface area contributed by atoms with Gasteiger partial charge in [-0.05, 0) is 48.5 Å². The minimum atomic E-state index is -0.282. The Kier molecular flexibility index (Phi) is 5.88. The van der Waals surface area contributed by atoms with Gasteiger partial charge in [0, 0.05) is 18.2 Å². The van der Waals surface area contributed by atoms with Crippen LogP contribution in [0.15, 0.2) is 48.5 Å². The predicted molar refractivity (Wildman–Crippen MR) is 85.2 cm³/mol. The molecule has 0 fully saturated rings. The van der Waals surface area contributed by atoms with Gasteiger partial charge >= 0.3 is 0 Å². The maximum atomic E-state index is 12.1. The number of Topliss-reactive ketones (excluding diaryl/α,β-unsaturated/α-hetero) is 2. The van der Waals surface area contributed by atoms with Gasteiger partial charge in [-0.15, -0.1) is 0 Å². The molecule has 1 N–H and O–H groups in total. The van der Waals surface area contributed by atoms with Crippen molar-refractivity contribution in [3.8, 4) is 11.5 Å². The number of hydrogen-bond donors (Lipinski definition) is 1. The minimum absolute atomic E-state index is 0.0805. The Morgan fingerprint density at radius 3 is 1.91 bits per heavy atom. The summed E-state index contributed by atoms with van der Waals surface area (Å²) in [5, 5.41) is 9.20. The van der Waals surface area contributed by atoms with E-state index in [9.17, 15) is 14.7 Å². The summed E-state index contributed by atoms with van der Waals surface area (Å²) in [6.45, 7) is 0.922. The van der Waals surface area contributed by atoms with E-state index in [1.165, 1.54) is 24.3 Å². The molecule has 5 heteroatoms. The molecule has 0 aliphatic carbocycles. The Bertz CT molecular complexity index is 659. The van der Waals surface area contributed by atoms with Crippen molar-refractivity contribution in [3.63, 3.8) is 0 Å². The van der Waals surface area contributed by atoms with E-state index in [4.69, 9.17) is 9.47 Å². The lowest BCUT2D eigenvalue weighted by Gasteiger charge is -2.06. The molecule has 120 valence electrons. The van der Waals surface area contributed by atoms with E-state index in [1.807, 2.05) is 0 Å². The molecule has 0 unspecified atom stereocenters. The molecule has 23 heavy (non-hydrogen) atoms. The van der Waals surface area contributed by atoms with Crippen molar-refractivity contribution < 1.29 is 24.2 Å². The number of methoxy groups -OCH3 is 1. The van der Waals surface area contributed by atoms with Gasteiger partial charge in [-0.1, -0.05) is 0 Å². The Balaban J connectivity index is 1.94. The van der Waals surface area contributed by atoms with E-state index in [2.05, 4.69) is 0 Å². The monoisotopic (exact) mass is 314 g/mol. The van der Waals surface area contributed by atoms with Crippen LogP contribution >= 0.6 is 0 Å². The lowest BCUT2D eigenvalue weighted by molar-refractivity contribution is 0.0894. The molecule has 5 nitrogen and oxygen atoms in total. The Morgan fingerprint density at radius 2 is 1.39 bits per heavy atom. The van der Waals surface area contributed by atoms with Crippen LogP contribution in [0.5, 0.6) is 11.5 Å². The minimum Gasteiger partial charge on any atom is -0.508 e. The zero-order chi connectivity index (χ0) is 16.7. The second-order valence-electron chi connectivity index (χ2n) is 4.94. The number of phenols is 1. The molecule has 0 aliphatic rings. The third-order valence-electron chi connectivity index (χ3n) is 3.24. The molecule has 2 aromatic carbocycles. The maximum absolute atomic E-state index is 12.1. The second kappa shape index (κ2) is 8.10. The molecule has 2 aromatic rings. The van der Waals surface area contributed by atoms with Crippen LogP contribution in [0.2, 0.25) is 0 Å². The van der Waals surface area contributed by atoms with Crippen LogP contribution in [0.4, 0.5) is 0 Å². The summed E-state index contributed by atoms with van der Waals surface area (Å²) in [5.74, 6) is 0.183. The number of carbonyl (C=O) groups is 2. The quantitative estimate of drug-likeness (QED) is 0.461. The van der Waals surface area contributed by atoms with E-state index in [0.29, 0.717) is 30.1 Å². The fourth-order valence-electron chi connectivity index (χ4n) is 1.98. The zero-order valence-corrected chi connectivity index (χ0v) is 12.8. The van der Waals surface area contributed by atoms with E-state index in [0.717, 1.165) is 0 Å². The molecule has 0 atom stereocenters. The molecule has 0 spiro atoms. The van der Waals surface area contributed by atoms with Crippen LogP contribution in [0.3, 0.4) is 0 Å². The van der Waals surface area contributed by atoms with Crippen LogP contribution in [0, 0.1) is 0 Å². The number of rotatable bonds is 8. The maximum Gasteiger partial charge on any atom is 0.170 e. The fraction of sp³-hybridized carbons (Fsp3) is 0.222. The van der Waals surface area contributed by atoms with Crippen LogP contribution in [0.25, 0.3) is 0 Å². The fourth-order valence-corrected chi connectivity index (χ4v) is 1.98. The summed E-state index contributed by atoms with van der Waals surface area (Å²) >= 11 is 0. The normalized spacial score (nSPS) is 10.3.